The lowest BCUT2D eigenvalue weighted by molar-refractivity contribution is 0.0526. The summed E-state index contributed by atoms with van der Waals surface area (Å²) >= 11 is 2.85. The maximum absolute atomic E-state index is 12.5. The molecule has 4 nitrogen and oxygen atoms in total. The van der Waals surface area contributed by atoms with Crippen LogP contribution in [0.3, 0.4) is 0 Å². The van der Waals surface area contributed by atoms with Gasteiger partial charge < -0.3 is 10.5 Å². The van der Waals surface area contributed by atoms with Gasteiger partial charge in [-0.15, -0.1) is 0 Å². The quantitative estimate of drug-likeness (QED) is 0.687. The van der Waals surface area contributed by atoms with Gasteiger partial charge in [0.2, 0.25) is 0 Å². The van der Waals surface area contributed by atoms with Crippen LogP contribution in [0.4, 0.5) is 14.6 Å². The zero-order valence-electron chi connectivity index (χ0n) is 8.34. The summed E-state index contributed by atoms with van der Waals surface area (Å²) in [6.07, 6.45) is -2.74. The number of nitrogens with zero attached hydrogens (tertiary/aromatic N) is 1. The van der Waals surface area contributed by atoms with Crippen LogP contribution in [0.25, 0.3) is 0 Å². The summed E-state index contributed by atoms with van der Waals surface area (Å²) in [7, 11) is 0. The summed E-state index contributed by atoms with van der Waals surface area (Å²) < 4.78 is 29.6. The first-order valence-corrected chi connectivity index (χ1v) is 5.17. The number of esters is 1. The number of nitrogens with two attached hydrogens (primary N) is 1. The van der Waals surface area contributed by atoms with E-state index in [2.05, 4.69) is 25.7 Å². The first-order chi connectivity index (χ1) is 7.47. The number of anilines is 1. The van der Waals surface area contributed by atoms with Crippen molar-refractivity contribution in [1.29, 1.82) is 0 Å². The Balaban J connectivity index is 3.19. The van der Waals surface area contributed by atoms with Crippen molar-refractivity contribution in [2.24, 2.45) is 0 Å². The topological polar surface area (TPSA) is 65.2 Å². The minimum Gasteiger partial charge on any atom is -0.462 e. The third kappa shape index (κ3) is 2.66. The third-order valence-electron chi connectivity index (χ3n) is 1.76. The van der Waals surface area contributed by atoms with E-state index in [0.717, 1.165) is 6.07 Å². The van der Waals surface area contributed by atoms with Gasteiger partial charge in [0, 0.05) is 0 Å². The van der Waals surface area contributed by atoms with E-state index in [1.54, 1.807) is 6.92 Å². The van der Waals surface area contributed by atoms with Gasteiger partial charge in [-0.05, 0) is 28.9 Å². The number of ether oxygens (including phenoxy) is 1. The van der Waals surface area contributed by atoms with Crippen LogP contribution in [-0.2, 0) is 4.74 Å². The van der Waals surface area contributed by atoms with E-state index < -0.39 is 18.0 Å². The minimum absolute atomic E-state index is 0.0759. The Kier molecular flexibility index (Phi) is 4.17. The average molecular weight is 295 g/mol. The van der Waals surface area contributed by atoms with Crippen molar-refractivity contribution in [2.45, 2.75) is 13.3 Å². The number of hydrogen-bond donors (Lipinski definition) is 1. The Morgan fingerprint density at radius 3 is 2.81 bits per heavy atom. The third-order valence-corrected chi connectivity index (χ3v) is 2.40. The summed E-state index contributed by atoms with van der Waals surface area (Å²) in [6.45, 7) is 1.74. The molecule has 1 aromatic rings. The number of carbonyl (C=O) groups is 1. The van der Waals surface area contributed by atoms with Gasteiger partial charge in [-0.1, -0.05) is 0 Å². The maximum atomic E-state index is 12.5. The molecule has 0 amide bonds. The van der Waals surface area contributed by atoms with Crippen LogP contribution >= 0.6 is 15.9 Å². The molecule has 2 N–H and O–H groups in total. The Morgan fingerprint density at radius 1 is 1.69 bits per heavy atom. The number of pyridine rings is 1. The van der Waals surface area contributed by atoms with Crippen molar-refractivity contribution in [3.8, 4) is 0 Å². The normalized spacial score (nSPS) is 10.6. The molecule has 0 radical (unpaired) electrons. The van der Waals surface area contributed by atoms with Crippen LogP contribution < -0.4 is 5.73 Å². The number of aromatic nitrogens is 1. The zero-order valence-corrected chi connectivity index (χ0v) is 9.92. The molecule has 1 rings (SSSR count). The van der Waals surface area contributed by atoms with Crippen LogP contribution in [0.15, 0.2) is 10.7 Å². The number of nitrogen functional groups attached to an aromatic ring is 1. The zero-order chi connectivity index (χ0) is 12.3. The Bertz CT molecular complexity index is 413. The van der Waals surface area contributed by atoms with E-state index >= 15 is 0 Å². The summed E-state index contributed by atoms with van der Waals surface area (Å²) in [6, 6.07) is 0.981. The lowest BCUT2D eigenvalue weighted by Gasteiger charge is -2.08. The van der Waals surface area contributed by atoms with E-state index in [4.69, 9.17) is 5.73 Å². The van der Waals surface area contributed by atoms with Crippen LogP contribution in [0.2, 0.25) is 0 Å². The van der Waals surface area contributed by atoms with Crippen molar-refractivity contribution >= 4 is 27.7 Å². The van der Waals surface area contributed by atoms with E-state index in [1.165, 1.54) is 0 Å². The summed E-state index contributed by atoms with van der Waals surface area (Å²) in [4.78, 5) is 15.0. The van der Waals surface area contributed by atoms with Gasteiger partial charge in [0.25, 0.3) is 6.43 Å². The van der Waals surface area contributed by atoms with E-state index in [1.807, 2.05) is 0 Å². The van der Waals surface area contributed by atoms with Crippen molar-refractivity contribution in [2.75, 3.05) is 12.3 Å². The van der Waals surface area contributed by atoms with Crippen molar-refractivity contribution in [3.05, 3.63) is 21.8 Å². The minimum atomic E-state index is -2.74. The Labute approximate surface area is 98.9 Å². The van der Waals surface area contributed by atoms with Crippen LogP contribution in [-0.4, -0.2) is 17.6 Å². The predicted molar refractivity (Wildman–Crippen MR) is 57.3 cm³/mol. The number of carbonyl (C=O) groups excluding carboxylic acids is 1. The molecule has 0 aliphatic rings. The molecule has 0 atom stereocenters. The second-order valence-electron chi connectivity index (χ2n) is 2.82. The summed E-state index contributed by atoms with van der Waals surface area (Å²) in [5, 5.41) is 0. The lowest BCUT2D eigenvalue weighted by Crippen LogP contribution is -2.11. The molecule has 0 spiro atoms. The molecule has 1 aromatic heterocycles. The van der Waals surface area contributed by atoms with Gasteiger partial charge in [0.15, 0.2) is 0 Å². The van der Waals surface area contributed by atoms with Gasteiger partial charge in [0.05, 0.1) is 12.2 Å². The van der Waals surface area contributed by atoms with Gasteiger partial charge in [0.1, 0.15) is 16.0 Å². The van der Waals surface area contributed by atoms with Crippen molar-refractivity contribution in [3.63, 3.8) is 0 Å². The predicted octanol–water partition coefficient (Wildman–Crippen LogP) is 2.54. The lowest BCUT2D eigenvalue weighted by atomic mass is 10.2. The number of halogens is 3. The first kappa shape index (κ1) is 12.8. The fraction of sp³-hybridized carbons (Fsp3) is 0.333. The van der Waals surface area contributed by atoms with Gasteiger partial charge in [-0.25, -0.2) is 18.6 Å². The molecule has 0 unspecified atom stereocenters. The van der Waals surface area contributed by atoms with Gasteiger partial charge in [-0.2, -0.15) is 0 Å². The Hall–Kier alpha value is -1.24. The number of rotatable bonds is 3. The first-order valence-electron chi connectivity index (χ1n) is 4.38. The fourth-order valence-electron chi connectivity index (χ4n) is 1.04. The fourth-order valence-corrected chi connectivity index (χ4v) is 1.52. The molecule has 0 aromatic carbocycles. The highest BCUT2D eigenvalue weighted by Crippen LogP contribution is 2.28. The summed E-state index contributed by atoms with van der Waals surface area (Å²) in [5.41, 5.74) is 4.89. The summed E-state index contributed by atoms with van der Waals surface area (Å²) in [5.74, 6) is -0.906. The molecule has 88 valence electrons. The molecule has 1 heterocycles. The highest BCUT2D eigenvalue weighted by molar-refractivity contribution is 9.10. The molecule has 0 aliphatic heterocycles. The molecule has 16 heavy (non-hydrogen) atoms. The second kappa shape index (κ2) is 5.20. The largest absolute Gasteiger partial charge is 0.462 e. The highest BCUT2D eigenvalue weighted by atomic mass is 79.9. The SMILES string of the molecule is CCOC(=O)c1cc(C(F)F)c(Br)nc1N. The van der Waals surface area contributed by atoms with Gasteiger partial charge >= 0.3 is 5.97 Å². The van der Waals surface area contributed by atoms with E-state index in [9.17, 15) is 13.6 Å². The molecule has 0 saturated carbocycles. The van der Waals surface area contributed by atoms with Crippen molar-refractivity contribution in [1.82, 2.24) is 4.98 Å². The molecular formula is C9H9BrF2N2O2. The van der Waals surface area contributed by atoms with Crippen LogP contribution in [0, 0.1) is 0 Å². The molecule has 7 heteroatoms. The average Bonchev–Trinajstić information content (AvgIpc) is 2.17. The Morgan fingerprint density at radius 2 is 2.31 bits per heavy atom. The monoisotopic (exact) mass is 294 g/mol. The number of alkyl halides is 2. The number of hydrogen-bond acceptors (Lipinski definition) is 4. The molecule has 0 fully saturated rings. The van der Waals surface area contributed by atoms with Crippen LogP contribution in [0.5, 0.6) is 0 Å². The van der Waals surface area contributed by atoms with Crippen molar-refractivity contribution < 1.29 is 18.3 Å². The standard InChI is InChI=1S/C9H9BrF2N2O2/c1-2-16-9(15)5-3-4(7(11)12)6(10)14-8(5)13/h3,7H,2H2,1H3,(H2,13,14). The van der Waals surface area contributed by atoms with Gasteiger partial charge in [-0.3, -0.25) is 0 Å². The van der Waals surface area contributed by atoms with Crippen LogP contribution in [0.1, 0.15) is 29.3 Å². The second-order valence-corrected chi connectivity index (χ2v) is 3.57. The van der Waals surface area contributed by atoms with E-state index in [-0.39, 0.29) is 22.6 Å². The maximum Gasteiger partial charge on any atom is 0.341 e. The smallest absolute Gasteiger partial charge is 0.341 e. The molecule has 0 bridgehead atoms. The van der Waals surface area contributed by atoms with E-state index in [0.29, 0.717) is 0 Å². The molecular weight excluding hydrogens is 286 g/mol. The molecule has 0 aliphatic carbocycles. The highest BCUT2D eigenvalue weighted by Gasteiger charge is 2.20. The molecule has 0 saturated heterocycles.